The number of likely N-dealkylation sites (tertiary alicyclic amines) is 1. The van der Waals surface area contributed by atoms with E-state index in [-0.39, 0.29) is 11.8 Å². The molecule has 1 aromatic carbocycles. The average molecular weight is 350 g/mol. The van der Waals surface area contributed by atoms with Crippen LogP contribution in [0, 0.1) is 0 Å². The number of benzene rings is 1. The molecule has 24 heavy (non-hydrogen) atoms. The van der Waals surface area contributed by atoms with Crippen molar-refractivity contribution in [3.05, 3.63) is 24.3 Å². The van der Waals surface area contributed by atoms with Crippen molar-refractivity contribution in [2.45, 2.75) is 37.0 Å². The van der Waals surface area contributed by atoms with Gasteiger partial charge in [0.2, 0.25) is 11.8 Å². The summed E-state index contributed by atoms with van der Waals surface area (Å²) in [6.45, 7) is 1.98. The Kier molecular flexibility index (Phi) is 7.95. The number of hydrogen-bond donors (Lipinski definition) is 1. The molecule has 0 unspecified atom stereocenters. The van der Waals surface area contributed by atoms with Crippen LogP contribution in [0.3, 0.4) is 0 Å². The molecule has 132 valence electrons. The number of amides is 2. The molecule has 1 heterocycles. The number of ether oxygens (including phenoxy) is 1. The zero-order chi connectivity index (χ0) is 17.2. The summed E-state index contributed by atoms with van der Waals surface area (Å²) in [7, 11) is 1.64. The fourth-order valence-electron chi connectivity index (χ4n) is 2.63. The highest BCUT2D eigenvalue weighted by Gasteiger charge is 2.16. The third kappa shape index (κ3) is 6.43. The largest absolute Gasteiger partial charge is 0.497 e. The maximum Gasteiger partial charge on any atom is 0.222 e. The number of nitrogens with zero attached hydrogens (tertiary/aromatic N) is 1. The molecule has 0 radical (unpaired) electrons. The fourth-order valence-corrected chi connectivity index (χ4v) is 3.48. The van der Waals surface area contributed by atoms with Crippen molar-refractivity contribution in [2.24, 2.45) is 0 Å². The third-order valence-electron chi connectivity index (χ3n) is 4.03. The van der Waals surface area contributed by atoms with Gasteiger partial charge in [0.25, 0.3) is 0 Å². The highest BCUT2D eigenvalue weighted by molar-refractivity contribution is 7.99. The van der Waals surface area contributed by atoms with E-state index >= 15 is 0 Å². The van der Waals surface area contributed by atoms with Crippen LogP contribution >= 0.6 is 11.8 Å². The van der Waals surface area contributed by atoms with Crippen LogP contribution < -0.4 is 10.1 Å². The van der Waals surface area contributed by atoms with Gasteiger partial charge in [0, 0.05) is 43.1 Å². The van der Waals surface area contributed by atoms with E-state index in [1.54, 1.807) is 18.9 Å². The molecule has 5 nitrogen and oxygen atoms in total. The molecule has 1 saturated heterocycles. The van der Waals surface area contributed by atoms with Crippen LogP contribution in [0.25, 0.3) is 0 Å². The summed E-state index contributed by atoms with van der Waals surface area (Å²) < 4.78 is 5.12. The first-order valence-corrected chi connectivity index (χ1v) is 9.49. The minimum atomic E-state index is 0.0401. The monoisotopic (exact) mass is 350 g/mol. The molecule has 2 amide bonds. The Hall–Kier alpha value is -1.69. The molecule has 0 bridgehead atoms. The Morgan fingerprint density at radius 2 is 2.04 bits per heavy atom. The predicted molar refractivity (Wildman–Crippen MR) is 96.4 cm³/mol. The van der Waals surface area contributed by atoms with Crippen LogP contribution in [-0.2, 0) is 9.59 Å². The molecular formula is C18H26N2O3S. The van der Waals surface area contributed by atoms with Gasteiger partial charge in [0.05, 0.1) is 7.11 Å². The van der Waals surface area contributed by atoms with E-state index in [2.05, 4.69) is 5.32 Å². The summed E-state index contributed by atoms with van der Waals surface area (Å²) in [6.07, 6.45) is 4.30. The molecule has 0 aromatic heterocycles. The molecule has 6 heteroatoms. The Morgan fingerprint density at radius 1 is 1.25 bits per heavy atom. The normalized spacial score (nSPS) is 15.0. The maximum absolute atomic E-state index is 11.9. The second kappa shape index (κ2) is 10.2. The lowest BCUT2D eigenvalue weighted by molar-refractivity contribution is -0.131. The number of thioether (sulfide) groups is 1. The van der Waals surface area contributed by atoms with Gasteiger partial charge in [0.1, 0.15) is 5.75 Å². The van der Waals surface area contributed by atoms with E-state index in [9.17, 15) is 9.59 Å². The number of hydrogen-bond acceptors (Lipinski definition) is 4. The Bertz CT molecular complexity index is 534. The SMILES string of the molecule is COc1ccc(SCCC(=O)NCCN2CCCCCC2=O)cc1. The second-order valence-electron chi connectivity index (χ2n) is 5.82. The number of carbonyl (C=O) groups excluding carboxylic acids is 2. The van der Waals surface area contributed by atoms with Crippen LogP contribution in [0.4, 0.5) is 0 Å². The lowest BCUT2D eigenvalue weighted by Crippen LogP contribution is -2.38. The fraction of sp³-hybridized carbons (Fsp3) is 0.556. The number of rotatable bonds is 8. The molecule has 2 rings (SSSR count). The number of nitrogens with one attached hydrogen (secondary N) is 1. The zero-order valence-electron chi connectivity index (χ0n) is 14.3. The van der Waals surface area contributed by atoms with Gasteiger partial charge in [-0.3, -0.25) is 9.59 Å². The van der Waals surface area contributed by atoms with Gasteiger partial charge in [-0.2, -0.15) is 0 Å². The van der Waals surface area contributed by atoms with E-state index in [1.807, 2.05) is 29.2 Å². The van der Waals surface area contributed by atoms with Crippen LogP contribution in [0.15, 0.2) is 29.2 Å². The standard InChI is InChI=1S/C18H26N2O3S/c1-23-15-6-8-16(9-7-15)24-14-10-17(21)19-11-13-20-12-4-2-3-5-18(20)22/h6-9H,2-5,10-14H2,1H3,(H,19,21). The lowest BCUT2D eigenvalue weighted by atomic mass is 10.2. The van der Waals surface area contributed by atoms with Gasteiger partial charge in [-0.25, -0.2) is 0 Å². The lowest BCUT2D eigenvalue weighted by Gasteiger charge is -2.20. The quantitative estimate of drug-likeness (QED) is 0.733. The van der Waals surface area contributed by atoms with Gasteiger partial charge in [-0.1, -0.05) is 6.42 Å². The maximum atomic E-state index is 11.9. The second-order valence-corrected chi connectivity index (χ2v) is 6.98. The van der Waals surface area contributed by atoms with Crippen molar-refractivity contribution >= 4 is 23.6 Å². The van der Waals surface area contributed by atoms with Crippen molar-refractivity contribution in [3.8, 4) is 5.75 Å². The van der Waals surface area contributed by atoms with Gasteiger partial charge in [-0.15, -0.1) is 11.8 Å². The molecular weight excluding hydrogens is 324 g/mol. The highest BCUT2D eigenvalue weighted by Crippen LogP contribution is 2.21. The third-order valence-corrected chi connectivity index (χ3v) is 5.05. The van der Waals surface area contributed by atoms with Crippen LogP contribution in [-0.4, -0.2) is 49.2 Å². The first-order chi connectivity index (χ1) is 11.7. The Balaban J connectivity index is 1.59. The molecule has 1 aromatic rings. The van der Waals surface area contributed by atoms with Gasteiger partial charge >= 0.3 is 0 Å². The highest BCUT2D eigenvalue weighted by atomic mass is 32.2. The van der Waals surface area contributed by atoms with E-state index in [1.165, 1.54) is 0 Å². The summed E-state index contributed by atoms with van der Waals surface area (Å²) in [6, 6.07) is 7.82. The van der Waals surface area contributed by atoms with E-state index in [0.29, 0.717) is 25.9 Å². The summed E-state index contributed by atoms with van der Waals surface area (Å²) >= 11 is 1.65. The zero-order valence-corrected chi connectivity index (χ0v) is 15.1. The minimum Gasteiger partial charge on any atom is -0.497 e. The Morgan fingerprint density at radius 3 is 2.79 bits per heavy atom. The van der Waals surface area contributed by atoms with Crippen molar-refractivity contribution < 1.29 is 14.3 Å². The van der Waals surface area contributed by atoms with E-state index in [4.69, 9.17) is 4.74 Å². The molecule has 1 aliphatic rings. The molecule has 0 atom stereocenters. The van der Waals surface area contributed by atoms with Gasteiger partial charge < -0.3 is 15.0 Å². The average Bonchev–Trinajstić information content (AvgIpc) is 2.80. The molecule has 0 spiro atoms. The topological polar surface area (TPSA) is 58.6 Å². The van der Waals surface area contributed by atoms with E-state index < -0.39 is 0 Å². The molecule has 1 aliphatic heterocycles. The van der Waals surface area contributed by atoms with Crippen LogP contribution in [0.1, 0.15) is 32.1 Å². The van der Waals surface area contributed by atoms with Gasteiger partial charge in [-0.05, 0) is 37.1 Å². The van der Waals surface area contributed by atoms with Crippen molar-refractivity contribution in [3.63, 3.8) is 0 Å². The van der Waals surface area contributed by atoms with E-state index in [0.717, 1.165) is 42.2 Å². The van der Waals surface area contributed by atoms with Crippen LogP contribution in [0.5, 0.6) is 5.75 Å². The van der Waals surface area contributed by atoms with Crippen LogP contribution in [0.2, 0.25) is 0 Å². The molecule has 0 aliphatic carbocycles. The van der Waals surface area contributed by atoms with Crippen molar-refractivity contribution in [1.82, 2.24) is 10.2 Å². The smallest absolute Gasteiger partial charge is 0.222 e. The van der Waals surface area contributed by atoms with Crippen molar-refractivity contribution in [2.75, 3.05) is 32.5 Å². The Labute approximate surface area is 148 Å². The summed E-state index contributed by atoms with van der Waals surface area (Å²) in [5.74, 6) is 1.83. The van der Waals surface area contributed by atoms with Gasteiger partial charge in [0.15, 0.2) is 0 Å². The summed E-state index contributed by atoms with van der Waals surface area (Å²) in [5.41, 5.74) is 0. The summed E-state index contributed by atoms with van der Waals surface area (Å²) in [5, 5.41) is 2.91. The molecule has 1 fully saturated rings. The molecule has 1 N–H and O–H groups in total. The van der Waals surface area contributed by atoms with Crippen molar-refractivity contribution in [1.29, 1.82) is 0 Å². The predicted octanol–water partition coefficient (Wildman–Crippen LogP) is 2.70. The first kappa shape index (κ1) is 18.6. The first-order valence-electron chi connectivity index (χ1n) is 8.50. The molecule has 0 saturated carbocycles. The number of methoxy groups -OCH3 is 1. The minimum absolute atomic E-state index is 0.0401. The summed E-state index contributed by atoms with van der Waals surface area (Å²) in [4.78, 5) is 26.7. The number of carbonyl (C=O) groups is 2.